The van der Waals surface area contributed by atoms with Gasteiger partial charge in [0.05, 0.1) is 10.0 Å². The number of halogens is 2. The minimum Gasteiger partial charge on any atom is -0.506 e. The van der Waals surface area contributed by atoms with Gasteiger partial charge in [0.15, 0.2) is 0 Å². The number of benzene rings is 1. The van der Waals surface area contributed by atoms with Gasteiger partial charge < -0.3 is 5.11 Å². The van der Waals surface area contributed by atoms with E-state index in [2.05, 4.69) is 49.8 Å². The van der Waals surface area contributed by atoms with Crippen LogP contribution in [0.25, 0.3) is 0 Å². The molecule has 1 aliphatic carbocycles. The van der Waals surface area contributed by atoms with Crippen LogP contribution in [0.3, 0.4) is 0 Å². The third-order valence-corrected chi connectivity index (χ3v) is 6.21. The number of aromatic hydroxyl groups is 1. The fraction of sp³-hybridized carbons (Fsp3) is 0.294. The van der Waals surface area contributed by atoms with Crippen molar-refractivity contribution in [2.75, 3.05) is 0 Å². The van der Waals surface area contributed by atoms with E-state index in [0.29, 0.717) is 21.5 Å². The second kappa shape index (κ2) is 6.76. The van der Waals surface area contributed by atoms with Crippen LogP contribution >= 0.6 is 43.2 Å². The first-order valence-electron chi connectivity index (χ1n) is 7.26. The second-order valence-corrected chi connectivity index (χ2v) is 8.58. The Labute approximate surface area is 155 Å². The summed E-state index contributed by atoms with van der Waals surface area (Å²) in [4.78, 5) is 5.77. The third-order valence-electron chi connectivity index (χ3n) is 3.98. The number of rotatable bonds is 2. The van der Waals surface area contributed by atoms with E-state index in [1.54, 1.807) is 29.7 Å². The Hall–Kier alpha value is -1.16. The lowest BCUT2D eigenvalue weighted by Gasteiger charge is -2.17. The first kappa shape index (κ1) is 16.7. The molecule has 0 unspecified atom stereocenters. The summed E-state index contributed by atoms with van der Waals surface area (Å²) >= 11 is 8.31. The molecule has 1 aromatic carbocycles. The summed E-state index contributed by atoms with van der Waals surface area (Å²) in [6, 6.07) is 5.88. The predicted molar refractivity (Wildman–Crippen MR) is 101 cm³/mol. The lowest BCUT2D eigenvalue weighted by molar-refractivity contribution is 0.471. The highest BCUT2D eigenvalue weighted by Gasteiger charge is 2.23. The Bertz CT molecular complexity index is 836. The summed E-state index contributed by atoms with van der Waals surface area (Å²) in [5.41, 5.74) is 2.47. The van der Waals surface area contributed by atoms with Crippen molar-refractivity contribution in [1.82, 2.24) is 0 Å². The molecule has 1 aliphatic rings. The largest absolute Gasteiger partial charge is 0.506 e. The zero-order valence-corrected chi connectivity index (χ0v) is 16.4. The molecule has 1 atom stereocenters. The molecule has 0 bridgehead atoms. The maximum Gasteiger partial charge on any atom is 0.138 e. The third kappa shape index (κ3) is 3.37. The van der Waals surface area contributed by atoms with Crippen LogP contribution in [0.2, 0.25) is 0 Å². The van der Waals surface area contributed by atoms with E-state index in [0.717, 1.165) is 28.7 Å². The summed E-state index contributed by atoms with van der Waals surface area (Å²) in [6.07, 6.45) is 4.73. The van der Waals surface area contributed by atoms with Gasteiger partial charge in [-0.2, -0.15) is 5.26 Å². The van der Waals surface area contributed by atoms with Crippen LogP contribution in [0.4, 0.5) is 5.00 Å². The Morgan fingerprint density at radius 1 is 1.43 bits per heavy atom. The highest BCUT2D eigenvalue weighted by atomic mass is 79.9. The molecule has 0 amide bonds. The van der Waals surface area contributed by atoms with Crippen molar-refractivity contribution in [1.29, 1.82) is 5.26 Å². The van der Waals surface area contributed by atoms with Gasteiger partial charge in [0.1, 0.15) is 16.8 Å². The lowest BCUT2D eigenvalue weighted by atomic mass is 9.89. The minimum absolute atomic E-state index is 0.144. The highest BCUT2D eigenvalue weighted by Crippen LogP contribution is 2.41. The first-order chi connectivity index (χ1) is 11.0. The van der Waals surface area contributed by atoms with Gasteiger partial charge >= 0.3 is 0 Å². The summed E-state index contributed by atoms with van der Waals surface area (Å²) in [5.74, 6) is 0.806. The van der Waals surface area contributed by atoms with Crippen molar-refractivity contribution >= 4 is 54.4 Å². The van der Waals surface area contributed by atoms with Crippen molar-refractivity contribution in [3.05, 3.63) is 42.6 Å². The molecule has 0 spiro atoms. The number of phenolic OH excluding ortho intramolecular Hbond substituents is 1. The van der Waals surface area contributed by atoms with Crippen molar-refractivity contribution in [3.63, 3.8) is 0 Å². The quantitative estimate of drug-likeness (QED) is 0.590. The Morgan fingerprint density at radius 2 is 2.22 bits per heavy atom. The molecule has 1 N–H and O–H groups in total. The molecule has 1 heterocycles. The van der Waals surface area contributed by atoms with Crippen LogP contribution in [-0.4, -0.2) is 11.3 Å². The maximum atomic E-state index is 10.1. The molecule has 0 saturated heterocycles. The van der Waals surface area contributed by atoms with E-state index in [-0.39, 0.29) is 5.75 Å². The van der Waals surface area contributed by atoms with Crippen LogP contribution < -0.4 is 0 Å². The van der Waals surface area contributed by atoms with Crippen molar-refractivity contribution in [2.24, 2.45) is 10.9 Å². The van der Waals surface area contributed by atoms with Gasteiger partial charge in [-0.25, -0.2) is 4.99 Å². The average Bonchev–Trinajstić information content (AvgIpc) is 2.85. The maximum absolute atomic E-state index is 10.1. The van der Waals surface area contributed by atoms with Gasteiger partial charge in [-0.3, -0.25) is 0 Å². The Morgan fingerprint density at radius 3 is 2.96 bits per heavy atom. The monoisotopic (exact) mass is 452 g/mol. The van der Waals surface area contributed by atoms with E-state index in [9.17, 15) is 10.4 Å². The molecule has 0 radical (unpaired) electrons. The van der Waals surface area contributed by atoms with Crippen molar-refractivity contribution < 1.29 is 5.11 Å². The van der Waals surface area contributed by atoms with Gasteiger partial charge in [-0.1, -0.05) is 22.9 Å². The van der Waals surface area contributed by atoms with Gasteiger partial charge in [-0.05, 0) is 58.8 Å². The van der Waals surface area contributed by atoms with Crippen molar-refractivity contribution in [3.8, 4) is 11.8 Å². The summed E-state index contributed by atoms with van der Waals surface area (Å²) in [6.45, 7) is 2.24. The normalized spacial score (nSPS) is 17.2. The number of nitrogens with zero attached hydrogens (tertiary/aromatic N) is 2. The summed E-state index contributed by atoms with van der Waals surface area (Å²) in [5, 5.41) is 20.3. The molecule has 23 heavy (non-hydrogen) atoms. The molecule has 118 valence electrons. The highest BCUT2D eigenvalue weighted by molar-refractivity contribution is 9.11. The molecule has 1 aromatic heterocycles. The molecular formula is C17H14Br2N2OS. The van der Waals surface area contributed by atoms with E-state index < -0.39 is 0 Å². The van der Waals surface area contributed by atoms with Crippen molar-refractivity contribution in [2.45, 2.75) is 26.2 Å². The van der Waals surface area contributed by atoms with Crippen LogP contribution in [0.15, 0.2) is 26.1 Å². The van der Waals surface area contributed by atoms with Gasteiger partial charge in [-0.15, -0.1) is 11.3 Å². The number of hydrogen-bond acceptors (Lipinski definition) is 4. The van der Waals surface area contributed by atoms with Gasteiger partial charge in [0.2, 0.25) is 0 Å². The summed E-state index contributed by atoms with van der Waals surface area (Å²) < 4.78 is 1.46. The zero-order chi connectivity index (χ0) is 16.6. The van der Waals surface area contributed by atoms with E-state index in [4.69, 9.17) is 0 Å². The lowest BCUT2D eigenvalue weighted by Crippen LogP contribution is -2.09. The molecule has 0 aliphatic heterocycles. The molecule has 6 heteroatoms. The first-order valence-corrected chi connectivity index (χ1v) is 9.66. The Kier molecular flexibility index (Phi) is 4.90. The molecule has 0 fully saturated rings. The SMILES string of the molecule is C[C@@H]1CCc2c(sc(N=Cc3cc(Br)cc(Br)c3O)c2C#N)C1. The molecule has 3 rings (SSSR count). The molecule has 0 saturated carbocycles. The number of hydrogen-bond donors (Lipinski definition) is 1. The van der Waals surface area contributed by atoms with Crippen LogP contribution in [0.1, 0.15) is 34.9 Å². The minimum atomic E-state index is 0.144. The molecular weight excluding hydrogens is 440 g/mol. The van der Waals surface area contributed by atoms with E-state index >= 15 is 0 Å². The smallest absolute Gasteiger partial charge is 0.138 e. The van der Waals surface area contributed by atoms with Crippen LogP contribution in [0.5, 0.6) is 5.75 Å². The second-order valence-electron chi connectivity index (χ2n) is 5.73. The summed E-state index contributed by atoms with van der Waals surface area (Å²) in [7, 11) is 0. The van der Waals surface area contributed by atoms with Crippen LogP contribution in [0, 0.1) is 17.2 Å². The fourth-order valence-electron chi connectivity index (χ4n) is 2.76. The van der Waals surface area contributed by atoms with Gasteiger partial charge in [0.25, 0.3) is 0 Å². The number of nitriles is 1. The average molecular weight is 454 g/mol. The molecule has 3 nitrogen and oxygen atoms in total. The topological polar surface area (TPSA) is 56.4 Å². The Balaban J connectivity index is 2.00. The number of fused-ring (bicyclic) bond motifs is 1. The fourth-order valence-corrected chi connectivity index (χ4v) is 5.32. The number of thiophene rings is 1. The van der Waals surface area contributed by atoms with E-state index in [1.165, 1.54) is 10.4 Å². The van der Waals surface area contributed by atoms with E-state index in [1.807, 2.05) is 0 Å². The standard InChI is InChI=1S/C17H14Br2N2OS/c1-9-2-3-12-13(7-20)17(23-15(12)4-9)21-8-10-5-11(18)6-14(19)16(10)22/h5-6,8-9,22H,2-4H2,1H3/t9-/m1/s1. The zero-order valence-electron chi connectivity index (χ0n) is 12.4. The van der Waals surface area contributed by atoms with Gasteiger partial charge in [0, 0.05) is 21.1 Å². The number of phenols is 1. The number of aliphatic imine (C=N–C) groups is 1. The predicted octanol–water partition coefficient (Wildman–Crippen LogP) is 5.73. The molecule has 2 aromatic rings. The van der Waals surface area contributed by atoms with Crippen LogP contribution in [-0.2, 0) is 12.8 Å².